The van der Waals surface area contributed by atoms with Gasteiger partial charge in [0.05, 0.1) is 17.7 Å². The van der Waals surface area contributed by atoms with Gasteiger partial charge < -0.3 is 10.2 Å². The molecule has 6 bridgehead atoms. The number of rotatable bonds is 0. The lowest BCUT2D eigenvalue weighted by Crippen LogP contribution is -2.72. The highest BCUT2D eigenvalue weighted by molar-refractivity contribution is 5.71. The van der Waals surface area contributed by atoms with Crippen LogP contribution in [0.3, 0.4) is 0 Å². The number of aliphatic hydroxyl groups excluding tert-OH is 1. The van der Waals surface area contributed by atoms with E-state index >= 15 is 0 Å². The molecule has 6 fully saturated rings. The highest BCUT2D eigenvalue weighted by atomic mass is 16.3. The van der Waals surface area contributed by atoms with Crippen molar-refractivity contribution >= 4 is 6.21 Å². The third-order valence-electron chi connectivity index (χ3n) is 9.75. The summed E-state index contributed by atoms with van der Waals surface area (Å²) in [4.78, 5) is 5.11. The van der Waals surface area contributed by atoms with Crippen molar-refractivity contribution in [3.8, 4) is 0 Å². The first-order chi connectivity index (χ1) is 10.9. The summed E-state index contributed by atoms with van der Waals surface area (Å²) in [7, 11) is 0. The quantitative estimate of drug-likeness (QED) is 0.676. The van der Waals surface area contributed by atoms with Crippen LogP contribution < -0.4 is 0 Å². The summed E-state index contributed by atoms with van der Waals surface area (Å²) in [5.41, 5.74) is 0.195. The van der Waals surface area contributed by atoms with Gasteiger partial charge >= 0.3 is 0 Å². The van der Waals surface area contributed by atoms with Crippen LogP contribution in [0.5, 0.6) is 0 Å². The smallest absolute Gasteiger partial charge is 0.0829 e. The van der Waals surface area contributed by atoms with E-state index in [2.05, 4.69) is 19.7 Å². The number of aliphatic hydroxyl groups is 2. The second-order valence-corrected chi connectivity index (χ2v) is 9.81. The minimum atomic E-state index is -0.610. The van der Waals surface area contributed by atoms with E-state index in [1.807, 2.05) is 0 Å². The van der Waals surface area contributed by atoms with Crippen molar-refractivity contribution in [2.24, 2.45) is 39.0 Å². The molecule has 6 aliphatic carbocycles. The van der Waals surface area contributed by atoms with Crippen LogP contribution in [0.1, 0.15) is 51.9 Å². The lowest BCUT2D eigenvalue weighted by Gasteiger charge is -2.68. The standard InChI is InChI=1S/C20H27NO2/c1-11-12-8-13-15-19-5-3-4-17(2,10-21-15)20(19,23)7-6-18(13,16(11)22)14(19)9-12/h10,12-16,22-23H,1,3-9H2,2H3/t12-,13+,14+,15+,16-,17-,18+,19-,20-/m0/s1. The Kier molecular flexibility index (Phi) is 2.06. The molecule has 6 saturated carbocycles. The first-order valence-electron chi connectivity index (χ1n) is 9.54. The van der Waals surface area contributed by atoms with Crippen molar-refractivity contribution in [2.75, 3.05) is 0 Å². The molecular weight excluding hydrogens is 286 g/mol. The van der Waals surface area contributed by atoms with Crippen LogP contribution in [0.4, 0.5) is 0 Å². The molecule has 7 rings (SSSR count). The molecule has 0 amide bonds. The van der Waals surface area contributed by atoms with Gasteiger partial charge in [-0.25, -0.2) is 0 Å². The molecule has 2 N–H and O–H groups in total. The van der Waals surface area contributed by atoms with E-state index in [4.69, 9.17) is 4.99 Å². The van der Waals surface area contributed by atoms with Gasteiger partial charge in [0.15, 0.2) is 0 Å². The van der Waals surface area contributed by atoms with Gasteiger partial charge in [0.1, 0.15) is 0 Å². The molecule has 124 valence electrons. The molecule has 1 aliphatic heterocycles. The molecular formula is C20H27NO2. The van der Waals surface area contributed by atoms with Gasteiger partial charge in [0.2, 0.25) is 0 Å². The number of nitrogens with zero attached hydrogens (tertiary/aromatic N) is 1. The van der Waals surface area contributed by atoms with Crippen LogP contribution in [-0.4, -0.2) is 34.2 Å². The predicted octanol–water partition coefficient (Wildman–Crippen LogP) is 2.71. The van der Waals surface area contributed by atoms with Gasteiger partial charge in [-0.1, -0.05) is 19.9 Å². The van der Waals surface area contributed by atoms with Gasteiger partial charge in [-0.2, -0.15) is 0 Å². The number of hydrogen-bond acceptors (Lipinski definition) is 3. The summed E-state index contributed by atoms with van der Waals surface area (Å²) < 4.78 is 0. The van der Waals surface area contributed by atoms with E-state index in [1.165, 1.54) is 6.42 Å². The summed E-state index contributed by atoms with van der Waals surface area (Å²) in [6.07, 6.45) is 9.21. The second-order valence-electron chi connectivity index (χ2n) is 9.81. The SMILES string of the molecule is C=C1[C@H]2C[C@@H]3[C@H]4N=C[C@]5(C)CCC[C@]46[C@H](C2)[C@]3(CC[C@@]65O)[C@H]1O. The molecule has 0 aromatic heterocycles. The van der Waals surface area contributed by atoms with Crippen molar-refractivity contribution in [1.29, 1.82) is 0 Å². The first-order valence-corrected chi connectivity index (χ1v) is 9.54. The Morgan fingerprint density at radius 1 is 1.22 bits per heavy atom. The number of hydrogen-bond donors (Lipinski definition) is 2. The van der Waals surface area contributed by atoms with Crippen molar-refractivity contribution < 1.29 is 10.2 Å². The molecule has 9 atom stereocenters. The molecule has 23 heavy (non-hydrogen) atoms. The third-order valence-corrected chi connectivity index (χ3v) is 9.75. The van der Waals surface area contributed by atoms with Gasteiger partial charge in [0.25, 0.3) is 0 Å². The summed E-state index contributed by atoms with van der Waals surface area (Å²) >= 11 is 0. The van der Waals surface area contributed by atoms with Crippen LogP contribution in [-0.2, 0) is 0 Å². The van der Waals surface area contributed by atoms with Crippen molar-refractivity contribution in [3.05, 3.63) is 12.2 Å². The van der Waals surface area contributed by atoms with Gasteiger partial charge in [-0.3, -0.25) is 4.99 Å². The Bertz CT molecular complexity index is 673. The molecule has 1 heterocycles. The topological polar surface area (TPSA) is 52.8 Å². The lowest BCUT2D eigenvalue weighted by molar-refractivity contribution is -0.249. The maximum absolute atomic E-state index is 12.0. The molecule has 7 aliphatic rings. The van der Waals surface area contributed by atoms with Crippen molar-refractivity contribution in [1.82, 2.24) is 0 Å². The fourth-order valence-corrected chi connectivity index (χ4v) is 8.94. The zero-order chi connectivity index (χ0) is 15.8. The molecule has 0 saturated heterocycles. The predicted molar refractivity (Wildman–Crippen MR) is 88.1 cm³/mol. The fraction of sp³-hybridized carbons (Fsp3) is 0.850. The van der Waals surface area contributed by atoms with E-state index in [9.17, 15) is 10.2 Å². The molecule has 0 aromatic carbocycles. The molecule has 3 nitrogen and oxygen atoms in total. The number of fused-ring (bicyclic) bond motifs is 1. The molecule has 0 aromatic rings. The molecule has 2 spiro atoms. The average molecular weight is 313 g/mol. The van der Waals surface area contributed by atoms with Gasteiger partial charge in [0, 0.05) is 22.5 Å². The van der Waals surface area contributed by atoms with E-state index < -0.39 is 5.60 Å². The maximum atomic E-state index is 12.0. The van der Waals surface area contributed by atoms with E-state index in [0.29, 0.717) is 17.8 Å². The van der Waals surface area contributed by atoms with Crippen LogP contribution >= 0.6 is 0 Å². The number of aliphatic imine (C=N–C) groups is 1. The van der Waals surface area contributed by atoms with E-state index in [-0.39, 0.29) is 28.4 Å². The Morgan fingerprint density at radius 3 is 2.87 bits per heavy atom. The highest BCUT2D eigenvalue weighted by Gasteiger charge is 2.84. The summed E-state index contributed by atoms with van der Waals surface area (Å²) in [6, 6.07) is 0.237. The average Bonchev–Trinajstić information content (AvgIpc) is 2.62. The molecule has 0 radical (unpaired) electrons. The van der Waals surface area contributed by atoms with Crippen LogP contribution in [0, 0.1) is 34.0 Å². The fourth-order valence-electron chi connectivity index (χ4n) is 8.94. The Hall–Kier alpha value is -0.670. The van der Waals surface area contributed by atoms with E-state index in [1.54, 1.807) is 0 Å². The first kappa shape index (κ1) is 13.6. The summed E-state index contributed by atoms with van der Waals surface area (Å²) in [6.45, 7) is 6.50. The Balaban J connectivity index is 1.67. The minimum absolute atomic E-state index is 0.0390. The summed E-state index contributed by atoms with van der Waals surface area (Å²) in [5.74, 6) is 1.35. The zero-order valence-corrected chi connectivity index (χ0v) is 14.0. The van der Waals surface area contributed by atoms with Gasteiger partial charge in [-0.15, -0.1) is 0 Å². The highest BCUT2D eigenvalue weighted by Crippen LogP contribution is 2.82. The minimum Gasteiger partial charge on any atom is -0.388 e. The monoisotopic (exact) mass is 313 g/mol. The van der Waals surface area contributed by atoms with Crippen molar-refractivity contribution in [2.45, 2.75) is 69.6 Å². The van der Waals surface area contributed by atoms with Crippen LogP contribution in [0.15, 0.2) is 17.1 Å². The van der Waals surface area contributed by atoms with Gasteiger partial charge in [-0.05, 0) is 61.9 Å². The molecule has 0 unspecified atom stereocenters. The summed E-state index contributed by atoms with van der Waals surface area (Å²) in [5, 5.41) is 23.2. The largest absolute Gasteiger partial charge is 0.388 e. The maximum Gasteiger partial charge on any atom is 0.0829 e. The lowest BCUT2D eigenvalue weighted by atomic mass is 9.38. The Morgan fingerprint density at radius 2 is 2.04 bits per heavy atom. The second kappa shape index (κ2) is 3.48. The zero-order valence-electron chi connectivity index (χ0n) is 14.0. The van der Waals surface area contributed by atoms with Crippen LogP contribution in [0.25, 0.3) is 0 Å². The Labute approximate surface area is 137 Å². The molecule has 3 heteroatoms. The van der Waals surface area contributed by atoms with E-state index in [0.717, 1.165) is 44.1 Å². The van der Waals surface area contributed by atoms with Crippen molar-refractivity contribution in [3.63, 3.8) is 0 Å². The van der Waals surface area contributed by atoms with Crippen LogP contribution in [0.2, 0.25) is 0 Å². The normalized spacial score (nSPS) is 67.6. The third kappa shape index (κ3) is 1.02.